The van der Waals surface area contributed by atoms with Crippen molar-refractivity contribution in [3.05, 3.63) is 99.3 Å². The topological polar surface area (TPSA) is 68.8 Å². The van der Waals surface area contributed by atoms with Gasteiger partial charge in [-0.1, -0.05) is 61.0 Å². The van der Waals surface area contributed by atoms with E-state index >= 15 is 0 Å². The molecule has 0 fully saturated rings. The average molecular weight is 527 g/mol. The lowest BCUT2D eigenvalue weighted by molar-refractivity contribution is -0.132. The van der Waals surface area contributed by atoms with E-state index in [4.69, 9.17) is 16.7 Å². The van der Waals surface area contributed by atoms with Crippen molar-refractivity contribution in [2.24, 2.45) is 5.10 Å². The molecule has 1 atom stereocenters. The minimum absolute atomic E-state index is 0.0839. The number of nitrogens with zero attached hydrogens (tertiary/aromatic N) is 3. The number of hydrazone groups is 1. The van der Waals surface area contributed by atoms with Gasteiger partial charge in [-0.3, -0.25) is 9.59 Å². The van der Waals surface area contributed by atoms with Gasteiger partial charge in [0.05, 0.1) is 17.3 Å². The molecule has 3 aromatic carbocycles. The summed E-state index contributed by atoms with van der Waals surface area (Å²) >= 11 is 6.39. The number of amides is 1. The van der Waals surface area contributed by atoms with Crippen LogP contribution in [0.2, 0.25) is 5.02 Å². The van der Waals surface area contributed by atoms with Crippen LogP contribution in [-0.2, 0) is 4.79 Å². The molecule has 1 N–H and O–H groups in total. The summed E-state index contributed by atoms with van der Waals surface area (Å²) in [5, 5.41) is 7.76. The third kappa shape index (κ3) is 4.72. The second kappa shape index (κ2) is 10.8. The summed E-state index contributed by atoms with van der Waals surface area (Å²) < 4.78 is 0. The molecule has 2 heterocycles. The number of H-pyrrole nitrogens is 1. The fourth-order valence-electron chi connectivity index (χ4n) is 5.25. The van der Waals surface area contributed by atoms with E-state index < -0.39 is 0 Å². The Bertz CT molecular complexity index is 1560. The fourth-order valence-corrected chi connectivity index (χ4v) is 5.43. The van der Waals surface area contributed by atoms with Gasteiger partial charge in [0.25, 0.3) is 5.56 Å². The number of anilines is 1. The van der Waals surface area contributed by atoms with Crippen LogP contribution in [0.1, 0.15) is 50.8 Å². The largest absolute Gasteiger partial charge is 0.372 e. The van der Waals surface area contributed by atoms with Gasteiger partial charge in [-0.2, -0.15) is 5.10 Å². The Morgan fingerprint density at radius 1 is 1.00 bits per heavy atom. The average Bonchev–Trinajstić information content (AvgIpc) is 3.38. The number of carbonyl (C=O) groups excluding carboxylic acids is 1. The minimum atomic E-state index is -0.290. The molecular weight excluding hydrogens is 496 g/mol. The summed E-state index contributed by atoms with van der Waals surface area (Å²) in [5.41, 5.74) is 5.32. The van der Waals surface area contributed by atoms with E-state index in [0.717, 1.165) is 40.9 Å². The molecule has 7 heteroatoms. The Hall–Kier alpha value is -3.90. The first kappa shape index (κ1) is 25.7. The van der Waals surface area contributed by atoms with Gasteiger partial charge in [-0.25, -0.2) is 5.01 Å². The molecule has 4 aromatic rings. The van der Waals surface area contributed by atoms with Gasteiger partial charge in [0, 0.05) is 53.1 Å². The standard InChI is InChI=1S/C31H31ClN4O2/c1-4-28(37)36-27(20-12-15-23(16-13-20)35(5-2)6-3)19-26(34-36)30-29(21-10-8-7-9-11-21)24-18-22(32)14-17-25(24)33-31(30)38/h7-18,27H,4-6,19H2,1-3H3,(H,33,38). The van der Waals surface area contributed by atoms with E-state index in [0.29, 0.717) is 34.7 Å². The predicted octanol–water partition coefficient (Wildman–Crippen LogP) is 6.78. The molecule has 1 amide bonds. The zero-order chi connectivity index (χ0) is 26.8. The van der Waals surface area contributed by atoms with E-state index in [-0.39, 0.29) is 17.5 Å². The minimum Gasteiger partial charge on any atom is -0.372 e. The Labute approximate surface area is 227 Å². The molecule has 0 aliphatic carbocycles. The number of pyridine rings is 1. The molecule has 38 heavy (non-hydrogen) atoms. The highest BCUT2D eigenvalue weighted by Gasteiger charge is 2.35. The molecule has 0 saturated carbocycles. The van der Waals surface area contributed by atoms with E-state index in [1.54, 1.807) is 11.1 Å². The van der Waals surface area contributed by atoms with Crippen LogP contribution >= 0.6 is 11.6 Å². The first-order chi connectivity index (χ1) is 18.4. The number of fused-ring (bicyclic) bond motifs is 1. The third-order valence-electron chi connectivity index (χ3n) is 7.20. The van der Waals surface area contributed by atoms with Crippen molar-refractivity contribution < 1.29 is 4.79 Å². The summed E-state index contributed by atoms with van der Waals surface area (Å²) in [6.07, 6.45) is 0.755. The maximum absolute atomic E-state index is 13.6. The number of rotatable bonds is 7. The maximum Gasteiger partial charge on any atom is 0.258 e. The lowest BCUT2D eigenvalue weighted by atomic mass is 9.91. The van der Waals surface area contributed by atoms with Crippen LogP contribution in [0.25, 0.3) is 22.0 Å². The summed E-state index contributed by atoms with van der Waals surface area (Å²) in [7, 11) is 0. The van der Waals surface area contributed by atoms with E-state index in [9.17, 15) is 9.59 Å². The van der Waals surface area contributed by atoms with Crippen LogP contribution in [0.3, 0.4) is 0 Å². The quantitative estimate of drug-likeness (QED) is 0.288. The van der Waals surface area contributed by atoms with E-state index in [2.05, 4.69) is 48.0 Å². The second-order valence-corrected chi connectivity index (χ2v) is 9.82. The summed E-state index contributed by atoms with van der Waals surface area (Å²) in [6, 6.07) is 23.3. The van der Waals surface area contributed by atoms with Gasteiger partial charge in [-0.15, -0.1) is 0 Å². The van der Waals surface area contributed by atoms with Gasteiger partial charge < -0.3 is 9.88 Å². The van der Waals surface area contributed by atoms with Gasteiger partial charge in [-0.05, 0) is 55.3 Å². The van der Waals surface area contributed by atoms with Gasteiger partial charge in [0.15, 0.2) is 0 Å². The Kier molecular flexibility index (Phi) is 7.34. The Morgan fingerprint density at radius 3 is 2.37 bits per heavy atom. The lowest BCUT2D eigenvalue weighted by Gasteiger charge is -2.24. The summed E-state index contributed by atoms with van der Waals surface area (Å²) in [4.78, 5) is 31.9. The molecule has 0 bridgehead atoms. The number of halogens is 1. The highest BCUT2D eigenvalue weighted by molar-refractivity contribution is 6.31. The van der Waals surface area contributed by atoms with Crippen LogP contribution < -0.4 is 10.5 Å². The van der Waals surface area contributed by atoms with Crippen LogP contribution in [0.5, 0.6) is 0 Å². The normalized spacial score (nSPS) is 15.1. The van der Waals surface area contributed by atoms with Crippen molar-refractivity contribution in [2.75, 3.05) is 18.0 Å². The van der Waals surface area contributed by atoms with Gasteiger partial charge in [0.1, 0.15) is 0 Å². The molecule has 1 unspecified atom stereocenters. The van der Waals surface area contributed by atoms with Crippen LogP contribution in [0.4, 0.5) is 5.69 Å². The number of aromatic nitrogens is 1. The highest BCUT2D eigenvalue weighted by Crippen LogP contribution is 2.38. The van der Waals surface area contributed by atoms with Crippen molar-refractivity contribution >= 4 is 39.8 Å². The number of nitrogens with one attached hydrogen (secondary N) is 1. The van der Waals surface area contributed by atoms with Crippen molar-refractivity contribution in [1.29, 1.82) is 0 Å². The second-order valence-electron chi connectivity index (χ2n) is 9.38. The molecule has 0 radical (unpaired) electrons. The fraction of sp³-hybridized carbons (Fsp3) is 0.258. The van der Waals surface area contributed by atoms with E-state index in [1.165, 1.54) is 0 Å². The molecule has 194 valence electrons. The monoisotopic (exact) mass is 526 g/mol. The number of hydrogen-bond donors (Lipinski definition) is 1. The maximum atomic E-state index is 13.6. The first-order valence-corrected chi connectivity index (χ1v) is 13.5. The molecule has 1 aliphatic heterocycles. The molecule has 5 rings (SSSR count). The Balaban J connectivity index is 1.65. The number of hydrogen-bond acceptors (Lipinski definition) is 4. The van der Waals surface area contributed by atoms with Crippen LogP contribution in [-0.4, -0.2) is 34.7 Å². The van der Waals surface area contributed by atoms with Crippen molar-refractivity contribution in [1.82, 2.24) is 9.99 Å². The van der Waals surface area contributed by atoms with Crippen molar-refractivity contribution in [3.8, 4) is 11.1 Å². The molecule has 1 aliphatic rings. The Morgan fingerprint density at radius 2 is 1.71 bits per heavy atom. The molecular formula is C31H31ClN4O2. The molecule has 0 spiro atoms. The molecule has 0 saturated heterocycles. The highest BCUT2D eigenvalue weighted by atomic mass is 35.5. The van der Waals surface area contributed by atoms with Gasteiger partial charge in [0.2, 0.25) is 5.91 Å². The van der Waals surface area contributed by atoms with Crippen LogP contribution in [0.15, 0.2) is 82.7 Å². The van der Waals surface area contributed by atoms with Crippen molar-refractivity contribution in [3.63, 3.8) is 0 Å². The third-order valence-corrected chi connectivity index (χ3v) is 7.44. The summed E-state index contributed by atoms with van der Waals surface area (Å²) in [5.74, 6) is -0.0839. The molecule has 6 nitrogen and oxygen atoms in total. The first-order valence-electron chi connectivity index (χ1n) is 13.1. The zero-order valence-electron chi connectivity index (χ0n) is 21.9. The SMILES string of the molecule is CCC(=O)N1N=C(c2c(-c3ccccc3)c3cc(Cl)ccc3[nH]c2=O)CC1c1ccc(N(CC)CC)cc1. The number of aromatic amines is 1. The summed E-state index contributed by atoms with van der Waals surface area (Å²) in [6.45, 7) is 7.94. The van der Waals surface area contributed by atoms with E-state index in [1.807, 2.05) is 49.4 Å². The lowest BCUT2D eigenvalue weighted by Crippen LogP contribution is -2.26. The predicted molar refractivity (Wildman–Crippen MR) is 156 cm³/mol. The van der Waals surface area contributed by atoms with Crippen LogP contribution in [0, 0.1) is 0 Å². The number of benzene rings is 3. The van der Waals surface area contributed by atoms with Gasteiger partial charge >= 0.3 is 0 Å². The zero-order valence-corrected chi connectivity index (χ0v) is 22.6. The molecule has 1 aromatic heterocycles. The van der Waals surface area contributed by atoms with Crippen molar-refractivity contribution in [2.45, 2.75) is 39.7 Å². The smallest absolute Gasteiger partial charge is 0.258 e. The number of carbonyl (C=O) groups is 1.